The Morgan fingerprint density at radius 2 is 2.00 bits per heavy atom. The van der Waals surface area contributed by atoms with Gasteiger partial charge in [0.25, 0.3) is 0 Å². The molecular weight excluding hydrogens is 451 g/mol. The molecule has 0 radical (unpaired) electrons. The van der Waals surface area contributed by atoms with Gasteiger partial charge in [-0.2, -0.15) is 5.26 Å². The van der Waals surface area contributed by atoms with Gasteiger partial charge >= 0.3 is 0 Å². The van der Waals surface area contributed by atoms with E-state index in [0.29, 0.717) is 23.1 Å². The van der Waals surface area contributed by atoms with Crippen molar-refractivity contribution in [3.05, 3.63) is 47.9 Å². The Bertz CT molecular complexity index is 1230. The van der Waals surface area contributed by atoms with E-state index < -0.39 is 0 Å². The lowest BCUT2D eigenvalue weighted by molar-refractivity contribution is 0.287. The van der Waals surface area contributed by atoms with Crippen LogP contribution in [0.1, 0.15) is 19.4 Å². The number of nitrogens with one attached hydrogen (secondary N) is 2. The Kier molecular flexibility index (Phi) is 6.26. The monoisotopic (exact) mass is 478 g/mol. The van der Waals surface area contributed by atoms with Crippen LogP contribution in [0.2, 0.25) is 0 Å². The molecule has 9 heteroatoms. The third-order valence-corrected chi connectivity index (χ3v) is 7.11. The van der Waals surface area contributed by atoms with Gasteiger partial charge in [-0.15, -0.1) is 0 Å². The van der Waals surface area contributed by atoms with Crippen molar-refractivity contribution in [2.75, 3.05) is 54.4 Å². The molecule has 2 aliphatic rings. The predicted molar refractivity (Wildman–Crippen MR) is 135 cm³/mol. The van der Waals surface area contributed by atoms with Crippen molar-refractivity contribution in [2.24, 2.45) is 0 Å². The van der Waals surface area contributed by atoms with E-state index in [1.54, 1.807) is 6.20 Å². The summed E-state index contributed by atoms with van der Waals surface area (Å²) in [6.07, 6.45) is 1.75. The molecule has 34 heavy (non-hydrogen) atoms. The number of hydrogen-bond acceptors (Lipinski definition) is 8. The molecule has 0 spiro atoms. The molecule has 1 fully saturated rings. The van der Waals surface area contributed by atoms with E-state index in [-0.39, 0.29) is 11.9 Å². The topological polar surface area (TPSA) is 76.5 Å². The van der Waals surface area contributed by atoms with Crippen LogP contribution in [0.15, 0.2) is 36.5 Å². The first kappa shape index (κ1) is 22.4. The molecule has 0 aliphatic carbocycles. The maximum Gasteiger partial charge on any atom is 0.187 e. The average molecular weight is 479 g/mol. The number of nitrogens with zero attached hydrogens (tertiary/aromatic N) is 4. The number of ether oxygens (including phenoxy) is 1. The zero-order chi connectivity index (χ0) is 23.7. The summed E-state index contributed by atoms with van der Waals surface area (Å²) in [5.41, 5.74) is 3.93. The highest BCUT2D eigenvalue weighted by atomic mass is 32.1. The minimum Gasteiger partial charge on any atom is -0.486 e. The van der Waals surface area contributed by atoms with Crippen LogP contribution in [0.4, 0.5) is 26.6 Å². The van der Waals surface area contributed by atoms with E-state index >= 15 is 0 Å². The lowest BCUT2D eigenvalue weighted by Gasteiger charge is -2.34. The molecule has 0 unspecified atom stereocenters. The summed E-state index contributed by atoms with van der Waals surface area (Å²) in [4.78, 5) is 9.74. The molecule has 2 aromatic carbocycles. The Morgan fingerprint density at radius 1 is 1.18 bits per heavy atom. The summed E-state index contributed by atoms with van der Waals surface area (Å²) in [7, 11) is 0. The van der Waals surface area contributed by atoms with Crippen molar-refractivity contribution in [3.8, 4) is 22.3 Å². The van der Waals surface area contributed by atoms with E-state index in [0.717, 1.165) is 60.2 Å². The van der Waals surface area contributed by atoms with Gasteiger partial charge in [-0.05, 0) is 49.7 Å². The number of rotatable bonds is 5. The molecule has 0 amide bonds. The van der Waals surface area contributed by atoms with Crippen LogP contribution < -0.4 is 25.2 Å². The number of benzene rings is 2. The number of nitriles is 1. The van der Waals surface area contributed by atoms with Gasteiger partial charge in [0.05, 0.1) is 28.4 Å². The molecule has 1 aromatic heterocycles. The zero-order valence-electron chi connectivity index (χ0n) is 19.3. The molecule has 2 N–H and O–H groups in total. The number of aromatic nitrogens is 1. The Labute approximate surface area is 202 Å². The van der Waals surface area contributed by atoms with E-state index in [1.165, 1.54) is 17.4 Å². The van der Waals surface area contributed by atoms with Crippen LogP contribution in [0.25, 0.3) is 10.4 Å². The Hall–Kier alpha value is -3.35. The molecular formula is C25H27FN6OS. The molecule has 5 rings (SSSR count). The van der Waals surface area contributed by atoms with Crippen LogP contribution in [0.3, 0.4) is 0 Å². The fraction of sp³-hybridized carbons (Fsp3) is 0.360. The van der Waals surface area contributed by atoms with E-state index in [1.807, 2.05) is 24.3 Å². The quantitative estimate of drug-likeness (QED) is 0.556. The maximum absolute atomic E-state index is 14.9. The van der Waals surface area contributed by atoms with Gasteiger partial charge in [0.15, 0.2) is 16.7 Å². The third kappa shape index (κ3) is 4.39. The summed E-state index contributed by atoms with van der Waals surface area (Å²) in [5.74, 6) is -0.0388. The highest BCUT2D eigenvalue weighted by Crippen LogP contribution is 2.41. The van der Waals surface area contributed by atoms with E-state index in [4.69, 9.17) is 4.74 Å². The molecule has 0 bridgehead atoms. The van der Waals surface area contributed by atoms with E-state index in [2.05, 4.69) is 45.3 Å². The number of anilines is 4. The maximum atomic E-state index is 14.9. The van der Waals surface area contributed by atoms with Crippen LogP contribution >= 0.6 is 11.3 Å². The average Bonchev–Trinajstić information content (AvgIpc) is 3.32. The number of thiazole rings is 1. The first-order valence-corrected chi connectivity index (χ1v) is 12.3. The lowest BCUT2D eigenvalue weighted by atomic mass is 10.1. The summed E-state index contributed by atoms with van der Waals surface area (Å²) >= 11 is 1.45. The molecule has 0 atom stereocenters. The largest absolute Gasteiger partial charge is 0.486 e. The number of piperazine rings is 1. The third-order valence-electron chi connectivity index (χ3n) is 6.15. The van der Waals surface area contributed by atoms with Crippen molar-refractivity contribution in [1.29, 1.82) is 5.26 Å². The first-order valence-electron chi connectivity index (χ1n) is 11.5. The van der Waals surface area contributed by atoms with Gasteiger partial charge in [-0.25, -0.2) is 9.37 Å². The van der Waals surface area contributed by atoms with Crippen molar-refractivity contribution in [2.45, 2.75) is 19.9 Å². The summed E-state index contributed by atoms with van der Waals surface area (Å²) in [6, 6.07) is 11.9. The number of halogens is 1. The number of hydrogen-bond donors (Lipinski definition) is 2. The standard InChI is InChI=1S/C25H27FN6OS/c1-16(2)32-9-10-33-24-20(26)12-17(13-22(24)32)23-15-29-25(34-23)30-19-3-4-21(18(11-19)14-27)31-7-5-28-6-8-31/h3-4,11-13,15-16,28H,5-10H2,1-2H3,(H,29,30). The molecule has 2 aliphatic heterocycles. The van der Waals surface area contributed by atoms with Gasteiger partial charge in [0.2, 0.25) is 0 Å². The molecule has 176 valence electrons. The van der Waals surface area contributed by atoms with Gasteiger partial charge in [0.1, 0.15) is 12.7 Å². The highest BCUT2D eigenvalue weighted by molar-refractivity contribution is 7.18. The summed E-state index contributed by atoms with van der Waals surface area (Å²) < 4.78 is 20.5. The minimum absolute atomic E-state index is 0.245. The van der Waals surface area contributed by atoms with Crippen LogP contribution in [0.5, 0.6) is 5.75 Å². The van der Waals surface area contributed by atoms with Gasteiger partial charge in [-0.3, -0.25) is 0 Å². The second-order valence-electron chi connectivity index (χ2n) is 8.68. The van der Waals surface area contributed by atoms with Crippen molar-refractivity contribution in [1.82, 2.24) is 10.3 Å². The normalized spacial score (nSPS) is 15.6. The lowest BCUT2D eigenvalue weighted by Crippen LogP contribution is -2.43. The van der Waals surface area contributed by atoms with Gasteiger partial charge < -0.3 is 25.2 Å². The van der Waals surface area contributed by atoms with E-state index in [9.17, 15) is 9.65 Å². The van der Waals surface area contributed by atoms with Crippen molar-refractivity contribution in [3.63, 3.8) is 0 Å². The molecule has 7 nitrogen and oxygen atoms in total. The second kappa shape index (κ2) is 9.49. The van der Waals surface area contributed by atoms with Crippen molar-refractivity contribution < 1.29 is 9.13 Å². The fourth-order valence-electron chi connectivity index (χ4n) is 4.45. The second-order valence-corrected chi connectivity index (χ2v) is 9.71. The van der Waals surface area contributed by atoms with Crippen LogP contribution in [-0.2, 0) is 0 Å². The van der Waals surface area contributed by atoms with Crippen molar-refractivity contribution >= 4 is 33.5 Å². The molecule has 3 aromatic rings. The SMILES string of the molecule is CC(C)N1CCOc2c(F)cc(-c3cnc(Nc4ccc(N5CCNCC5)c(C#N)c4)s3)cc21. The predicted octanol–water partition coefficient (Wildman–Crippen LogP) is 4.58. The Morgan fingerprint density at radius 3 is 2.76 bits per heavy atom. The summed E-state index contributed by atoms with van der Waals surface area (Å²) in [5, 5.41) is 17.0. The molecule has 3 heterocycles. The van der Waals surface area contributed by atoms with Crippen LogP contribution in [-0.4, -0.2) is 50.4 Å². The molecule has 1 saturated heterocycles. The Balaban J connectivity index is 1.38. The fourth-order valence-corrected chi connectivity index (χ4v) is 5.28. The van der Waals surface area contributed by atoms with Gasteiger partial charge in [0, 0.05) is 44.1 Å². The zero-order valence-corrected chi connectivity index (χ0v) is 20.1. The van der Waals surface area contributed by atoms with Crippen LogP contribution in [0, 0.1) is 17.1 Å². The summed E-state index contributed by atoms with van der Waals surface area (Å²) in [6.45, 7) is 8.99. The number of fused-ring (bicyclic) bond motifs is 1. The molecule has 0 saturated carbocycles. The van der Waals surface area contributed by atoms with Gasteiger partial charge in [-0.1, -0.05) is 11.3 Å². The smallest absolute Gasteiger partial charge is 0.187 e. The first-order chi connectivity index (χ1) is 16.5. The minimum atomic E-state index is -0.358. The highest BCUT2D eigenvalue weighted by Gasteiger charge is 2.25.